The molecule has 1 N–H and O–H groups in total. The largest absolute Gasteiger partial charge is 0.298 e. The highest BCUT2D eigenvalue weighted by atomic mass is 32.2. The predicted molar refractivity (Wildman–Crippen MR) is 54.8 cm³/mol. The molecular weight excluding hydrogens is 204 g/mol. The molecule has 0 heterocycles. The van der Waals surface area contributed by atoms with E-state index in [2.05, 4.69) is 0 Å². The Kier molecular flexibility index (Phi) is 5.95. The SMILES string of the molecule is CCCCCC(=O)C(CC)S(=O)(=O)O. The number of hydrogen-bond acceptors (Lipinski definition) is 3. The Hall–Kier alpha value is -0.420. The standard InChI is InChI=1S/C9H18O4S/c1-3-5-6-7-8(10)9(4-2)14(11,12)13/h9H,3-7H2,1-2H3,(H,11,12,13). The first-order valence-electron chi connectivity index (χ1n) is 4.92. The van der Waals surface area contributed by atoms with Gasteiger partial charge in [0, 0.05) is 6.42 Å². The topological polar surface area (TPSA) is 71.4 Å². The maximum Gasteiger partial charge on any atom is 0.274 e. The van der Waals surface area contributed by atoms with E-state index in [1.54, 1.807) is 6.92 Å². The number of carbonyl (C=O) groups excluding carboxylic acids is 1. The summed E-state index contributed by atoms with van der Waals surface area (Å²) in [6, 6.07) is 0. The summed E-state index contributed by atoms with van der Waals surface area (Å²) in [7, 11) is -4.20. The van der Waals surface area contributed by atoms with Crippen LogP contribution in [0, 0.1) is 0 Å². The van der Waals surface area contributed by atoms with Crippen molar-refractivity contribution < 1.29 is 17.8 Å². The number of carbonyl (C=O) groups is 1. The predicted octanol–water partition coefficient (Wildman–Crippen LogP) is 1.80. The Morgan fingerprint density at radius 3 is 2.21 bits per heavy atom. The second-order valence-electron chi connectivity index (χ2n) is 3.34. The molecule has 0 saturated heterocycles. The summed E-state index contributed by atoms with van der Waals surface area (Å²) >= 11 is 0. The Morgan fingerprint density at radius 2 is 1.86 bits per heavy atom. The van der Waals surface area contributed by atoms with Crippen molar-refractivity contribution >= 4 is 15.9 Å². The number of Topliss-reactive ketones (excluding diaryl/α,β-unsaturated/α-hetero) is 1. The van der Waals surface area contributed by atoms with Crippen molar-refractivity contribution in [2.24, 2.45) is 0 Å². The molecule has 5 heteroatoms. The van der Waals surface area contributed by atoms with Gasteiger partial charge in [0.1, 0.15) is 5.25 Å². The van der Waals surface area contributed by atoms with E-state index >= 15 is 0 Å². The van der Waals surface area contributed by atoms with Crippen molar-refractivity contribution in [3.63, 3.8) is 0 Å². The van der Waals surface area contributed by atoms with Crippen LogP contribution in [0.4, 0.5) is 0 Å². The average molecular weight is 222 g/mol. The molecule has 0 aliphatic heterocycles. The zero-order chi connectivity index (χ0) is 11.2. The van der Waals surface area contributed by atoms with E-state index in [0.29, 0.717) is 6.42 Å². The van der Waals surface area contributed by atoms with Crippen LogP contribution in [0.3, 0.4) is 0 Å². The smallest absolute Gasteiger partial charge is 0.274 e. The Balaban J connectivity index is 4.20. The molecule has 0 aromatic rings. The fraction of sp³-hybridized carbons (Fsp3) is 0.889. The van der Waals surface area contributed by atoms with E-state index in [0.717, 1.165) is 12.8 Å². The van der Waals surface area contributed by atoms with Gasteiger partial charge < -0.3 is 0 Å². The lowest BCUT2D eigenvalue weighted by Gasteiger charge is -2.09. The van der Waals surface area contributed by atoms with E-state index in [9.17, 15) is 13.2 Å². The molecule has 0 aliphatic carbocycles. The second kappa shape index (κ2) is 6.14. The summed E-state index contributed by atoms with van der Waals surface area (Å²) in [4.78, 5) is 11.4. The first-order valence-corrected chi connectivity index (χ1v) is 6.42. The highest BCUT2D eigenvalue weighted by molar-refractivity contribution is 7.87. The maximum atomic E-state index is 11.4. The molecule has 0 fully saturated rings. The lowest BCUT2D eigenvalue weighted by molar-refractivity contribution is -0.118. The van der Waals surface area contributed by atoms with Crippen LogP contribution >= 0.6 is 0 Å². The van der Waals surface area contributed by atoms with E-state index in [-0.39, 0.29) is 18.6 Å². The van der Waals surface area contributed by atoms with Gasteiger partial charge in [-0.15, -0.1) is 0 Å². The van der Waals surface area contributed by atoms with E-state index in [1.807, 2.05) is 6.92 Å². The van der Waals surface area contributed by atoms with Crippen molar-refractivity contribution in [1.82, 2.24) is 0 Å². The maximum absolute atomic E-state index is 11.4. The van der Waals surface area contributed by atoms with Crippen LogP contribution in [0.5, 0.6) is 0 Å². The first kappa shape index (κ1) is 13.6. The van der Waals surface area contributed by atoms with Gasteiger partial charge in [0.25, 0.3) is 10.1 Å². The Morgan fingerprint density at radius 1 is 1.29 bits per heavy atom. The van der Waals surface area contributed by atoms with Gasteiger partial charge in [0.05, 0.1) is 0 Å². The van der Waals surface area contributed by atoms with Crippen LogP contribution in [-0.2, 0) is 14.9 Å². The molecule has 0 radical (unpaired) electrons. The van der Waals surface area contributed by atoms with Gasteiger partial charge in [0.15, 0.2) is 5.78 Å². The van der Waals surface area contributed by atoms with Gasteiger partial charge in [-0.05, 0) is 12.8 Å². The van der Waals surface area contributed by atoms with Crippen molar-refractivity contribution in [2.45, 2.75) is 51.2 Å². The molecule has 0 spiro atoms. The van der Waals surface area contributed by atoms with Gasteiger partial charge in [-0.3, -0.25) is 9.35 Å². The van der Waals surface area contributed by atoms with Gasteiger partial charge in [-0.2, -0.15) is 8.42 Å². The molecule has 0 saturated carbocycles. The molecule has 1 atom stereocenters. The van der Waals surface area contributed by atoms with Crippen LogP contribution in [0.15, 0.2) is 0 Å². The summed E-state index contributed by atoms with van der Waals surface area (Å²) in [5.74, 6) is -0.372. The van der Waals surface area contributed by atoms with Crippen LogP contribution in [0.1, 0.15) is 46.0 Å². The minimum Gasteiger partial charge on any atom is -0.298 e. The fourth-order valence-electron chi connectivity index (χ4n) is 1.31. The van der Waals surface area contributed by atoms with Crippen LogP contribution in [0.2, 0.25) is 0 Å². The van der Waals surface area contributed by atoms with Gasteiger partial charge in [0.2, 0.25) is 0 Å². The third kappa shape index (κ3) is 4.72. The highest BCUT2D eigenvalue weighted by Crippen LogP contribution is 2.10. The fourth-order valence-corrected chi connectivity index (χ4v) is 2.19. The van der Waals surface area contributed by atoms with Gasteiger partial charge >= 0.3 is 0 Å². The summed E-state index contributed by atoms with van der Waals surface area (Å²) in [5, 5.41) is -1.22. The third-order valence-corrected chi connectivity index (χ3v) is 3.43. The molecule has 4 nitrogen and oxygen atoms in total. The number of ketones is 1. The molecule has 0 aromatic carbocycles. The van der Waals surface area contributed by atoms with E-state index in [1.165, 1.54) is 0 Å². The summed E-state index contributed by atoms with van der Waals surface area (Å²) in [5.41, 5.74) is 0. The number of unbranched alkanes of at least 4 members (excludes halogenated alkanes) is 2. The molecule has 0 aliphatic rings. The summed E-state index contributed by atoms with van der Waals surface area (Å²) < 4.78 is 30.3. The minimum atomic E-state index is -4.20. The van der Waals surface area contributed by atoms with Crippen molar-refractivity contribution in [3.05, 3.63) is 0 Å². The number of hydrogen-bond donors (Lipinski definition) is 1. The van der Waals surface area contributed by atoms with E-state index in [4.69, 9.17) is 4.55 Å². The number of rotatable bonds is 7. The quantitative estimate of drug-likeness (QED) is 0.526. The van der Waals surface area contributed by atoms with Crippen LogP contribution in [-0.4, -0.2) is 24.0 Å². The molecule has 1 unspecified atom stereocenters. The van der Waals surface area contributed by atoms with Crippen molar-refractivity contribution in [2.75, 3.05) is 0 Å². The lowest BCUT2D eigenvalue weighted by Crippen LogP contribution is -2.29. The zero-order valence-corrected chi connectivity index (χ0v) is 9.51. The normalized spacial score (nSPS) is 13.9. The summed E-state index contributed by atoms with van der Waals surface area (Å²) in [6.07, 6.45) is 2.97. The third-order valence-electron chi connectivity index (χ3n) is 2.12. The van der Waals surface area contributed by atoms with Crippen LogP contribution in [0.25, 0.3) is 0 Å². The molecule has 0 amide bonds. The second-order valence-corrected chi connectivity index (χ2v) is 4.93. The monoisotopic (exact) mass is 222 g/mol. The average Bonchev–Trinajstić information content (AvgIpc) is 2.03. The van der Waals surface area contributed by atoms with Gasteiger partial charge in [-0.25, -0.2) is 0 Å². The molecular formula is C9H18O4S. The van der Waals surface area contributed by atoms with Crippen molar-refractivity contribution in [1.29, 1.82) is 0 Å². The molecule has 0 aromatic heterocycles. The first-order chi connectivity index (χ1) is 6.43. The zero-order valence-electron chi connectivity index (χ0n) is 8.69. The van der Waals surface area contributed by atoms with Crippen molar-refractivity contribution in [3.8, 4) is 0 Å². The highest BCUT2D eigenvalue weighted by Gasteiger charge is 2.27. The van der Waals surface area contributed by atoms with Gasteiger partial charge in [-0.1, -0.05) is 26.7 Å². The summed E-state index contributed by atoms with van der Waals surface area (Å²) in [6.45, 7) is 3.58. The Labute approximate surface area is 85.4 Å². The minimum absolute atomic E-state index is 0.143. The lowest BCUT2D eigenvalue weighted by atomic mass is 10.1. The molecule has 14 heavy (non-hydrogen) atoms. The van der Waals surface area contributed by atoms with Crippen LogP contribution < -0.4 is 0 Å². The Bertz CT molecular complexity index is 269. The molecule has 0 rings (SSSR count). The van der Waals surface area contributed by atoms with E-state index < -0.39 is 15.4 Å². The molecule has 0 bridgehead atoms. The molecule has 84 valence electrons.